The van der Waals surface area contributed by atoms with Gasteiger partial charge in [0.05, 0.1) is 23.1 Å². The number of morpholine rings is 1. The minimum absolute atomic E-state index is 0.0440. The van der Waals surface area contributed by atoms with Gasteiger partial charge in [0, 0.05) is 39.3 Å². The third kappa shape index (κ3) is 4.58. The van der Waals surface area contributed by atoms with Crippen molar-refractivity contribution in [3.8, 4) is 0 Å². The summed E-state index contributed by atoms with van der Waals surface area (Å²) < 4.78 is 33.1. The molecule has 26 heavy (non-hydrogen) atoms. The second kappa shape index (κ2) is 8.12. The van der Waals surface area contributed by atoms with Gasteiger partial charge in [0.1, 0.15) is 4.21 Å². The summed E-state index contributed by atoms with van der Waals surface area (Å²) in [6.07, 6.45) is 0.234. The van der Waals surface area contributed by atoms with Crippen LogP contribution in [0.5, 0.6) is 0 Å². The number of ether oxygens (including phenoxy) is 1. The summed E-state index contributed by atoms with van der Waals surface area (Å²) in [6.45, 7) is 7.28. The molecule has 0 radical (unpaired) electrons. The molecule has 1 aromatic rings. The maximum absolute atomic E-state index is 12.6. The van der Waals surface area contributed by atoms with E-state index in [0.717, 1.165) is 24.4 Å². The Labute approximate surface area is 163 Å². The lowest BCUT2D eigenvalue weighted by atomic mass is 10.2. The molecule has 2 aliphatic heterocycles. The van der Waals surface area contributed by atoms with Gasteiger partial charge < -0.3 is 9.64 Å². The SMILES string of the molecule is C[C@H]1CN(CC(=O)N2CCN(S(=O)(=O)c3ccc(Cl)s3)CC2)C[C@H](C)O1. The van der Waals surface area contributed by atoms with Crippen molar-refractivity contribution in [3.05, 3.63) is 16.5 Å². The Morgan fingerprint density at radius 1 is 1.19 bits per heavy atom. The molecule has 0 unspecified atom stereocenters. The van der Waals surface area contributed by atoms with Crippen LogP contribution in [0.3, 0.4) is 0 Å². The van der Waals surface area contributed by atoms with Gasteiger partial charge in [-0.15, -0.1) is 11.3 Å². The molecule has 0 aromatic carbocycles. The highest BCUT2D eigenvalue weighted by Crippen LogP contribution is 2.28. The number of sulfonamides is 1. The quantitative estimate of drug-likeness (QED) is 0.733. The summed E-state index contributed by atoms with van der Waals surface area (Å²) in [5, 5.41) is 0. The van der Waals surface area contributed by atoms with Crippen LogP contribution in [0.25, 0.3) is 0 Å². The maximum Gasteiger partial charge on any atom is 0.252 e. The van der Waals surface area contributed by atoms with E-state index in [9.17, 15) is 13.2 Å². The molecule has 1 aromatic heterocycles. The number of halogens is 1. The van der Waals surface area contributed by atoms with E-state index in [1.165, 1.54) is 10.4 Å². The standard InChI is InChI=1S/C16H24ClN3O4S2/c1-12-9-18(10-13(2)24-12)11-15(21)19-5-7-20(8-6-19)26(22,23)16-4-3-14(17)25-16/h3-4,12-13H,5-11H2,1-2H3/t12-,13-/m0/s1. The highest BCUT2D eigenvalue weighted by Gasteiger charge is 2.32. The second-order valence-corrected chi connectivity index (χ2v) is 10.7. The van der Waals surface area contributed by atoms with Gasteiger partial charge in [0.25, 0.3) is 10.0 Å². The van der Waals surface area contributed by atoms with Crippen LogP contribution in [0.15, 0.2) is 16.3 Å². The molecule has 3 heterocycles. The van der Waals surface area contributed by atoms with Gasteiger partial charge in [0.2, 0.25) is 5.91 Å². The molecule has 0 saturated carbocycles. The van der Waals surface area contributed by atoms with Gasteiger partial charge >= 0.3 is 0 Å². The number of hydrogen-bond donors (Lipinski definition) is 0. The van der Waals surface area contributed by atoms with Crippen LogP contribution in [-0.4, -0.2) is 86.5 Å². The summed E-state index contributed by atoms with van der Waals surface area (Å²) in [7, 11) is -3.53. The minimum Gasteiger partial charge on any atom is -0.373 e. The zero-order valence-electron chi connectivity index (χ0n) is 14.9. The summed E-state index contributed by atoms with van der Waals surface area (Å²) >= 11 is 6.91. The summed E-state index contributed by atoms with van der Waals surface area (Å²) in [5.74, 6) is 0.0440. The van der Waals surface area contributed by atoms with Crippen LogP contribution < -0.4 is 0 Å². The molecule has 0 spiro atoms. The number of carbonyl (C=O) groups is 1. The fourth-order valence-corrected chi connectivity index (χ4v) is 6.51. The molecule has 1 amide bonds. The normalized spacial score (nSPS) is 26.2. The van der Waals surface area contributed by atoms with Crippen molar-refractivity contribution in [1.82, 2.24) is 14.1 Å². The van der Waals surface area contributed by atoms with Crippen molar-refractivity contribution in [2.24, 2.45) is 0 Å². The minimum atomic E-state index is -3.53. The van der Waals surface area contributed by atoms with Crippen molar-refractivity contribution in [3.63, 3.8) is 0 Å². The van der Waals surface area contributed by atoms with Crippen LogP contribution in [0.4, 0.5) is 0 Å². The van der Waals surface area contributed by atoms with E-state index in [1.807, 2.05) is 13.8 Å². The Morgan fingerprint density at radius 2 is 1.81 bits per heavy atom. The highest BCUT2D eigenvalue weighted by atomic mass is 35.5. The van der Waals surface area contributed by atoms with Crippen molar-refractivity contribution in [2.75, 3.05) is 45.8 Å². The molecule has 3 rings (SSSR count). The van der Waals surface area contributed by atoms with E-state index in [0.29, 0.717) is 37.1 Å². The van der Waals surface area contributed by atoms with E-state index < -0.39 is 10.0 Å². The highest BCUT2D eigenvalue weighted by molar-refractivity contribution is 7.91. The lowest BCUT2D eigenvalue weighted by molar-refractivity contribution is -0.137. The van der Waals surface area contributed by atoms with Crippen LogP contribution in [0.2, 0.25) is 4.34 Å². The number of rotatable bonds is 4. The molecule has 2 aliphatic rings. The topological polar surface area (TPSA) is 70.2 Å². The number of nitrogens with zero attached hydrogens (tertiary/aromatic N) is 3. The first kappa shape index (κ1) is 20.0. The fraction of sp³-hybridized carbons (Fsp3) is 0.688. The van der Waals surface area contributed by atoms with Gasteiger partial charge in [0.15, 0.2) is 0 Å². The van der Waals surface area contributed by atoms with Crippen molar-refractivity contribution >= 4 is 38.9 Å². The summed E-state index contributed by atoms with van der Waals surface area (Å²) in [5.41, 5.74) is 0. The van der Waals surface area contributed by atoms with Gasteiger partial charge in [-0.05, 0) is 26.0 Å². The molecule has 7 nitrogen and oxygen atoms in total. The predicted octanol–water partition coefficient (Wildman–Crippen LogP) is 1.34. The lowest BCUT2D eigenvalue weighted by Gasteiger charge is -2.38. The zero-order valence-corrected chi connectivity index (χ0v) is 17.3. The molecule has 0 aliphatic carbocycles. The van der Waals surface area contributed by atoms with Gasteiger partial charge in [-0.2, -0.15) is 4.31 Å². The van der Waals surface area contributed by atoms with Gasteiger partial charge in [-0.3, -0.25) is 9.69 Å². The van der Waals surface area contributed by atoms with E-state index in [1.54, 1.807) is 11.0 Å². The van der Waals surface area contributed by atoms with Crippen molar-refractivity contribution < 1.29 is 17.9 Å². The maximum atomic E-state index is 12.6. The Hall–Kier alpha value is -0.710. The summed E-state index contributed by atoms with van der Waals surface area (Å²) in [4.78, 5) is 16.4. The molecule has 10 heteroatoms. The van der Waals surface area contributed by atoms with Crippen molar-refractivity contribution in [1.29, 1.82) is 0 Å². The number of thiophene rings is 1. The monoisotopic (exact) mass is 421 g/mol. The molecule has 2 saturated heterocycles. The Kier molecular flexibility index (Phi) is 6.25. The Bertz CT molecular complexity index is 736. The van der Waals surface area contributed by atoms with Gasteiger partial charge in [-0.25, -0.2) is 8.42 Å². The summed E-state index contributed by atoms with van der Waals surface area (Å²) in [6, 6.07) is 3.11. The number of hydrogen-bond acceptors (Lipinski definition) is 6. The first-order valence-electron chi connectivity index (χ1n) is 8.67. The second-order valence-electron chi connectivity index (χ2n) is 6.79. The third-order valence-corrected chi connectivity index (χ3v) is 8.19. The first-order valence-corrected chi connectivity index (χ1v) is 11.3. The lowest BCUT2D eigenvalue weighted by Crippen LogP contribution is -2.54. The van der Waals surface area contributed by atoms with Crippen LogP contribution in [0.1, 0.15) is 13.8 Å². The van der Waals surface area contributed by atoms with Crippen LogP contribution >= 0.6 is 22.9 Å². The zero-order chi connectivity index (χ0) is 18.9. The smallest absolute Gasteiger partial charge is 0.252 e. The average Bonchev–Trinajstić information content (AvgIpc) is 3.01. The Balaban J connectivity index is 1.54. The number of amides is 1. The fourth-order valence-electron chi connectivity index (χ4n) is 3.45. The molecule has 0 bridgehead atoms. The van der Waals surface area contributed by atoms with Crippen LogP contribution in [-0.2, 0) is 19.6 Å². The van der Waals surface area contributed by atoms with E-state index in [-0.39, 0.29) is 22.3 Å². The van der Waals surface area contributed by atoms with Crippen molar-refractivity contribution in [2.45, 2.75) is 30.3 Å². The number of carbonyl (C=O) groups excluding carboxylic acids is 1. The first-order chi connectivity index (χ1) is 12.3. The largest absolute Gasteiger partial charge is 0.373 e. The van der Waals surface area contributed by atoms with E-state index in [2.05, 4.69) is 4.90 Å². The van der Waals surface area contributed by atoms with E-state index >= 15 is 0 Å². The molecular weight excluding hydrogens is 398 g/mol. The average molecular weight is 422 g/mol. The third-order valence-electron chi connectivity index (χ3n) is 4.59. The molecule has 2 atom stereocenters. The molecular formula is C16H24ClN3O4S2. The Morgan fingerprint density at radius 3 is 2.35 bits per heavy atom. The molecule has 146 valence electrons. The molecule has 2 fully saturated rings. The predicted molar refractivity (Wildman–Crippen MR) is 101 cm³/mol. The van der Waals surface area contributed by atoms with E-state index in [4.69, 9.17) is 16.3 Å². The van der Waals surface area contributed by atoms with Gasteiger partial charge in [-0.1, -0.05) is 11.6 Å². The van der Waals surface area contributed by atoms with Crippen LogP contribution in [0, 0.1) is 0 Å². The molecule has 0 N–H and O–H groups in total. The number of piperazine rings is 1.